The summed E-state index contributed by atoms with van der Waals surface area (Å²) < 4.78 is 5.63. The highest BCUT2D eigenvalue weighted by Crippen LogP contribution is 2.20. The van der Waals surface area contributed by atoms with Gasteiger partial charge in [-0.25, -0.2) is 0 Å². The lowest BCUT2D eigenvalue weighted by Gasteiger charge is -2.14. The maximum atomic E-state index is 12.3. The van der Waals surface area contributed by atoms with Gasteiger partial charge in [0.2, 0.25) is 5.91 Å². The molecule has 0 aliphatic heterocycles. The van der Waals surface area contributed by atoms with Gasteiger partial charge >= 0.3 is 0 Å². The first-order valence-electron chi connectivity index (χ1n) is 7.84. The van der Waals surface area contributed by atoms with E-state index >= 15 is 0 Å². The van der Waals surface area contributed by atoms with Crippen molar-refractivity contribution in [2.45, 2.75) is 26.0 Å². The largest absolute Gasteiger partial charge is 0.493 e. The number of hydrogen-bond donors (Lipinski definition) is 1. The van der Waals surface area contributed by atoms with Crippen LogP contribution in [0.3, 0.4) is 0 Å². The van der Waals surface area contributed by atoms with Gasteiger partial charge in [0.15, 0.2) is 0 Å². The second kappa shape index (κ2) is 9.00. The highest BCUT2D eigenvalue weighted by Gasteiger charge is 2.14. The Morgan fingerprint density at radius 1 is 1.21 bits per heavy atom. The molecule has 0 radical (unpaired) electrons. The van der Waals surface area contributed by atoms with Gasteiger partial charge in [0.05, 0.1) is 11.9 Å². The van der Waals surface area contributed by atoms with E-state index in [1.165, 1.54) is 0 Å². The van der Waals surface area contributed by atoms with Crippen LogP contribution in [0.25, 0.3) is 0 Å². The highest BCUT2D eigenvalue weighted by molar-refractivity contribution is 8.00. The fraction of sp³-hybridized carbons (Fsp3) is 0.316. The van der Waals surface area contributed by atoms with Crippen LogP contribution >= 0.6 is 23.4 Å². The van der Waals surface area contributed by atoms with Gasteiger partial charge in [-0.2, -0.15) is 0 Å². The van der Waals surface area contributed by atoms with E-state index in [0.29, 0.717) is 11.6 Å². The smallest absolute Gasteiger partial charge is 0.237 e. The van der Waals surface area contributed by atoms with Crippen LogP contribution in [0, 0.1) is 13.8 Å². The summed E-state index contributed by atoms with van der Waals surface area (Å²) in [5.41, 5.74) is 3.08. The lowest BCUT2D eigenvalue weighted by Crippen LogP contribution is -2.23. The van der Waals surface area contributed by atoms with Crippen molar-refractivity contribution < 1.29 is 9.53 Å². The van der Waals surface area contributed by atoms with E-state index in [2.05, 4.69) is 5.32 Å². The fourth-order valence-corrected chi connectivity index (χ4v) is 2.97. The van der Waals surface area contributed by atoms with Crippen LogP contribution in [0.5, 0.6) is 5.75 Å². The molecule has 5 heteroatoms. The number of ether oxygens (including phenoxy) is 1. The summed E-state index contributed by atoms with van der Waals surface area (Å²) in [6.45, 7) is 6.47. The average molecular weight is 364 g/mol. The molecule has 1 amide bonds. The molecule has 0 fully saturated rings. The van der Waals surface area contributed by atoms with E-state index in [9.17, 15) is 4.79 Å². The number of anilines is 1. The number of halogens is 1. The molecule has 0 heterocycles. The molecule has 1 unspecified atom stereocenters. The Morgan fingerprint density at radius 3 is 2.62 bits per heavy atom. The standard InChI is InChI=1S/C19H22ClNO2S/c1-13-4-5-14(2)18(12-13)21-19(22)15(3)24-11-10-23-17-8-6-16(20)7-9-17/h4-9,12,15H,10-11H2,1-3H3,(H,21,22). The van der Waals surface area contributed by atoms with Gasteiger partial charge in [0.1, 0.15) is 5.75 Å². The van der Waals surface area contributed by atoms with Crippen LogP contribution in [0.4, 0.5) is 5.69 Å². The lowest BCUT2D eigenvalue weighted by molar-refractivity contribution is -0.115. The molecule has 0 aliphatic carbocycles. The van der Waals surface area contributed by atoms with Gasteiger partial charge in [-0.3, -0.25) is 4.79 Å². The minimum atomic E-state index is -0.140. The van der Waals surface area contributed by atoms with E-state index in [1.807, 2.05) is 51.1 Å². The van der Waals surface area contributed by atoms with Crippen LogP contribution in [-0.2, 0) is 4.79 Å². The molecule has 2 aromatic carbocycles. The summed E-state index contributed by atoms with van der Waals surface area (Å²) in [6, 6.07) is 13.3. The summed E-state index contributed by atoms with van der Waals surface area (Å²) in [4.78, 5) is 12.3. The Bertz CT molecular complexity index is 688. The van der Waals surface area contributed by atoms with Crippen molar-refractivity contribution in [2.75, 3.05) is 17.7 Å². The number of benzene rings is 2. The topological polar surface area (TPSA) is 38.3 Å². The van der Waals surface area contributed by atoms with Crippen LogP contribution < -0.4 is 10.1 Å². The monoisotopic (exact) mass is 363 g/mol. The number of rotatable bonds is 7. The maximum Gasteiger partial charge on any atom is 0.237 e. The average Bonchev–Trinajstić information content (AvgIpc) is 2.56. The van der Waals surface area contributed by atoms with Gasteiger partial charge < -0.3 is 10.1 Å². The molecule has 2 rings (SSSR count). The Labute approximate surface area is 152 Å². The minimum Gasteiger partial charge on any atom is -0.493 e. The predicted octanol–water partition coefficient (Wildman–Crippen LogP) is 5.10. The number of aryl methyl sites for hydroxylation is 2. The Kier molecular flexibility index (Phi) is 7.00. The van der Waals surface area contributed by atoms with E-state index in [0.717, 1.165) is 28.3 Å². The second-order valence-electron chi connectivity index (χ2n) is 5.62. The molecule has 3 nitrogen and oxygen atoms in total. The quantitative estimate of drug-likeness (QED) is 0.696. The summed E-state index contributed by atoms with van der Waals surface area (Å²) in [5, 5.41) is 3.55. The maximum absolute atomic E-state index is 12.3. The van der Waals surface area contributed by atoms with Crippen molar-refractivity contribution in [3.05, 3.63) is 58.6 Å². The lowest BCUT2D eigenvalue weighted by atomic mass is 10.1. The normalized spacial score (nSPS) is 11.8. The van der Waals surface area contributed by atoms with Gasteiger partial charge in [-0.1, -0.05) is 23.7 Å². The van der Waals surface area contributed by atoms with Crippen molar-refractivity contribution >= 4 is 35.0 Å². The first-order chi connectivity index (χ1) is 11.5. The van der Waals surface area contributed by atoms with Crippen molar-refractivity contribution in [3.8, 4) is 5.75 Å². The van der Waals surface area contributed by atoms with E-state index in [-0.39, 0.29) is 11.2 Å². The van der Waals surface area contributed by atoms with Gasteiger partial charge in [0, 0.05) is 16.5 Å². The molecular weight excluding hydrogens is 342 g/mol. The van der Waals surface area contributed by atoms with Crippen LogP contribution in [0.15, 0.2) is 42.5 Å². The predicted molar refractivity (Wildman–Crippen MR) is 103 cm³/mol. The number of nitrogens with one attached hydrogen (secondary N) is 1. The fourth-order valence-electron chi connectivity index (χ4n) is 2.10. The Hall–Kier alpha value is -1.65. The zero-order valence-corrected chi connectivity index (χ0v) is 15.7. The van der Waals surface area contributed by atoms with E-state index in [4.69, 9.17) is 16.3 Å². The van der Waals surface area contributed by atoms with E-state index in [1.54, 1.807) is 23.9 Å². The van der Waals surface area contributed by atoms with Crippen LogP contribution in [0.2, 0.25) is 5.02 Å². The number of thioether (sulfide) groups is 1. The highest BCUT2D eigenvalue weighted by atomic mass is 35.5. The second-order valence-corrected chi connectivity index (χ2v) is 7.51. The zero-order chi connectivity index (χ0) is 17.5. The minimum absolute atomic E-state index is 0.0141. The number of hydrogen-bond acceptors (Lipinski definition) is 3. The van der Waals surface area contributed by atoms with Crippen molar-refractivity contribution in [1.82, 2.24) is 0 Å². The summed E-state index contributed by atoms with van der Waals surface area (Å²) in [5.74, 6) is 1.54. The van der Waals surface area contributed by atoms with Gasteiger partial charge in [0.25, 0.3) is 0 Å². The van der Waals surface area contributed by atoms with Crippen LogP contribution in [0.1, 0.15) is 18.1 Å². The molecular formula is C19H22ClNO2S. The molecule has 2 aromatic rings. The van der Waals surface area contributed by atoms with Gasteiger partial charge in [-0.15, -0.1) is 11.8 Å². The molecule has 128 valence electrons. The first kappa shape index (κ1) is 18.7. The van der Waals surface area contributed by atoms with Crippen molar-refractivity contribution in [3.63, 3.8) is 0 Å². The summed E-state index contributed by atoms with van der Waals surface area (Å²) in [7, 11) is 0. The SMILES string of the molecule is Cc1ccc(C)c(NC(=O)C(C)SCCOc2ccc(Cl)cc2)c1. The van der Waals surface area contributed by atoms with Crippen LogP contribution in [-0.4, -0.2) is 23.5 Å². The number of carbonyl (C=O) groups is 1. The molecule has 0 aliphatic rings. The summed E-state index contributed by atoms with van der Waals surface area (Å²) >= 11 is 7.41. The molecule has 0 spiro atoms. The zero-order valence-electron chi connectivity index (χ0n) is 14.1. The first-order valence-corrected chi connectivity index (χ1v) is 9.26. The third-order valence-corrected chi connectivity index (χ3v) is 4.92. The van der Waals surface area contributed by atoms with E-state index < -0.39 is 0 Å². The number of amides is 1. The third-order valence-electron chi connectivity index (χ3n) is 3.55. The van der Waals surface area contributed by atoms with Gasteiger partial charge in [-0.05, 0) is 62.2 Å². The Balaban J connectivity index is 1.75. The molecule has 1 atom stereocenters. The Morgan fingerprint density at radius 2 is 1.92 bits per heavy atom. The molecule has 0 saturated carbocycles. The molecule has 0 saturated heterocycles. The molecule has 24 heavy (non-hydrogen) atoms. The third kappa shape index (κ3) is 5.77. The summed E-state index contributed by atoms with van der Waals surface area (Å²) in [6.07, 6.45) is 0. The van der Waals surface area contributed by atoms with Crippen molar-refractivity contribution in [1.29, 1.82) is 0 Å². The van der Waals surface area contributed by atoms with Crippen molar-refractivity contribution in [2.24, 2.45) is 0 Å². The molecule has 0 aromatic heterocycles. The number of carbonyl (C=O) groups excluding carboxylic acids is 1. The molecule has 1 N–H and O–H groups in total. The molecule has 0 bridgehead atoms.